The molecule has 1 atom stereocenters. The normalized spacial score (nSPS) is 19.2. The van der Waals surface area contributed by atoms with Crippen LogP contribution < -0.4 is 0 Å². The molecule has 1 fully saturated rings. The van der Waals surface area contributed by atoms with Gasteiger partial charge in [-0.05, 0) is 12.0 Å². The summed E-state index contributed by atoms with van der Waals surface area (Å²) >= 11 is 1.33. The Bertz CT molecular complexity index is 435. The molecule has 5 heteroatoms. The van der Waals surface area contributed by atoms with Crippen LogP contribution in [0.2, 0.25) is 0 Å². The van der Waals surface area contributed by atoms with E-state index in [1.807, 2.05) is 30.3 Å². The van der Waals surface area contributed by atoms with Gasteiger partial charge in [0.2, 0.25) is 5.91 Å². The van der Waals surface area contributed by atoms with Gasteiger partial charge in [0.25, 0.3) is 0 Å². The molecule has 1 aromatic carbocycles. The van der Waals surface area contributed by atoms with Gasteiger partial charge in [-0.15, -0.1) is 11.8 Å². The van der Waals surface area contributed by atoms with Crippen LogP contribution in [0.1, 0.15) is 18.4 Å². The zero-order valence-electron chi connectivity index (χ0n) is 9.91. The smallest absolute Gasteiger partial charge is 0.313 e. The molecule has 0 aromatic heterocycles. The maximum atomic E-state index is 11.8. The first kappa shape index (κ1) is 13.0. The maximum absolute atomic E-state index is 11.8. The molecule has 1 amide bonds. The summed E-state index contributed by atoms with van der Waals surface area (Å²) in [7, 11) is 0. The summed E-state index contributed by atoms with van der Waals surface area (Å²) in [6, 6.07) is 9.77. The van der Waals surface area contributed by atoms with Crippen molar-refractivity contribution < 1.29 is 14.7 Å². The van der Waals surface area contributed by atoms with E-state index in [-0.39, 0.29) is 17.0 Å². The van der Waals surface area contributed by atoms with E-state index in [2.05, 4.69) is 0 Å². The molecule has 1 N–H and O–H groups in total. The van der Waals surface area contributed by atoms with Crippen molar-refractivity contribution in [3.63, 3.8) is 0 Å². The van der Waals surface area contributed by atoms with E-state index < -0.39 is 5.97 Å². The van der Waals surface area contributed by atoms with E-state index in [4.69, 9.17) is 5.11 Å². The number of carbonyl (C=O) groups excluding carboxylic acids is 1. The molecule has 1 aromatic rings. The van der Waals surface area contributed by atoms with Crippen molar-refractivity contribution in [1.29, 1.82) is 0 Å². The lowest BCUT2D eigenvalue weighted by Crippen LogP contribution is -2.31. The van der Waals surface area contributed by atoms with Gasteiger partial charge in [-0.3, -0.25) is 9.59 Å². The van der Waals surface area contributed by atoms with Gasteiger partial charge in [0.15, 0.2) is 0 Å². The molecule has 96 valence electrons. The molecule has 0 spiro atoms. The van der Waals surface area contributed by atoms with E-state index in [1.165, 1.54) is 11.8 Å². The first-order valence-corrected chi connectivity index (χ1v) is 6.88. The lowest BCUT2D eigenvalue weighted by Gasteiger charge is -2.24. The Morgan fingerprint density at radius 3 is 2.78 bits per heavy atom. The summed E-state index contributed by atoms with van der Waals surface area (Å²) < 4.78 is 0. The van der Waals surface area contributed by atoms with Crippen LogP contribution >= 0.6 is 11.8 Å². The fourth-order valence-electron chi connectivity index (χ4n) is 2.02. The van der Waals surface area contributed by atoms with Crippen LogP contribution in [0.4, 0.5) is 0 Å². The maximum Gasteiger partial charge on any atom is 0.313 e. The SMILES string of the molecule is O=C(O)CS[C@@H]1CCC(=O)N1Cc1ccccc1. The zero-order chi connectivity index (χ0) is 13.0. The minimum atomic E-state index is -0.834. The quantitative estimate of drug-likeness (QED) is 0.884. The van der Waals surface area contributed by atoms with Crippen LogP contribution in [0.5, 0.6) is 0 Å². The third-order valence-electron chi connectivity index (χ3n) is 2.87. The van der Waals surface area contributed by atoms with Crippen molar-refractivity contribution in [2.75, 3.05) is 5.75 Å². The highest BCUT2D eigenvalue weighted by Gasteiger charge is 2.31. The number of carboxylic acids is 1. The summed E-state index contributed by atoms with van der Waals surface area (Å²) in [5.74, 6) is -0.677. The first-order valence-electron chi connectivity index (χ1n) is 5.83. The summed E-state index contributed by atoms with van der Waals surface area (Å²) in [5, 5.41) is 8.69. The topological polar surface area (TPSA) is 57.6 Å². The van der Waals surface area contributed by atoms with Gasteiger partial charge < -0.3 is 10.0 Å². The molecule has 1 saturated heterocycles. The first-order chi connectivity index (χ1) is 8.66. The van der Waals surface area contributed by atoms with E-state index in [9.17, 15) is 9.59 Å². The molecule has 0 aliphatic carbocycles. The van der Waals surface area contributed by atoms with Crippen molar-refractivity contribution in [2.45, 2.75) is 24.8 Å². The van der Waals surface area contributed by atoms with Crippen LogP contribution in [0.15, 0.2) is 30.3 Å². The second kappa shape index (κ2) is 5.91. The van der Waals surface area contributed by atoms with Crippen LogP contribution in [0.3, 0.4) is 0 Å². The van der Waals surface area contributed by atoms with E-state index in [0.717, 1.165) is 12.0 Å². The Morgan fingerprint density at radius 2 is 2.11 bits per heavy atom. The highest BCUT2D eigenvalue weighted by Crippen LogP contribution is 2.29. The predicted octanol–water partition coefficient (Wildman–Crippen LogP) is 1.95. The third kappa shape index (κ3) is 3.26. The fourth-order valence-corrected chi connectivity index (χ4v) is 3.01. The molecule has 0 saturated carbocycles. The Morgan fingerprint density at radius 1 is 1.39 bits per heavy atom. The van der Waals surface area contributed by atoms with Gasteiger partial charge in [0.1, 0.15) is 0 Å². The molecular weight excluding hydrogens is 250 g/mol. The van der Waals surface area contributed by atoms with Crippen molar-refractivity contribution in [1.82, 2.24) is 4.90 Å². The molecule has 2 rings (SSSR count). The molecule has 0 unspecified atom stereocenters. The molecule has 18 heavy (non-hydrogen) atoms. The van der Waals surface area contributed by atoms with Crippen LogP contribution in [0.25, 0.3) is 0 Å². The number of carboxylic acid groups (broad SMARTS) is 1. The fraction of sp³-hybridized carbons (Fsp3) is 0.385. The Balaban J connectivity index is 1.99. The number of thioether (sulfide) groups is 1. The number of hydrogen-bond acceptors (Lipinski definition) is 3. The standard InChI is InChI=1S/C13H15NO3S/c15-11-6-7-12(18-9-13(16)17)14(11)8-10-4-2-1-3-5-10/h1-5,12H,6-9H2,(H,16,17)/t12-/m1/s1. The van der Waals surface area contributed by atoms with Gasteiger partial charge in [0.05, 0.1) is 11.1 Å². The highest BCUT2D eigenvalue weighted by atomic mass is 32.2. The second-order valence-electron chi connectivity index (χ2n) is 4.21. The monoisotopic (exact) mass is 265 g/mol. The number of amides is 1. The Kier molecular flexibility index (Phi) is 4.25. The van der Waals surface area contributed by atoms with Crippen LogP contribution in [-0.2, 0) is 16.1 Å². The minimum absolute atomic E-state index is 0.00574. The van der Waals surface area contributed by atoms with Gasteiger partial charge in [-0.2, -0.15) is 0 Å². The second-order valence-corrected chi connectivity index (χ2v) is 5.37. The van der Waals surface area contributed by atoms with Gasteiger partial charge in [0, 0.05) is 13.0 Å². The minimum Gasteiger partial charge on any atom is -0.481 e. The number of carbonyl (C=O) groups is 2. The van der Waals surface area contributed by atoms with Crippen LogP contribution in [-0.4, -0.2) is 33.0 Å². The molecule has 1 heterocycles. The number of hydrogen-bond donors (Lipinski definition) is 1. The lowest BCUT2D eigenvalue weighted by atomic mass is 10.2. The van der Waals surface area contributed by atoms with Gasteiger partial charge in [-0.1, -0.05) is 30.3 Å². The van der Waals surface area contributed by atoms with Gasteiger partial charge >= 0.3 is 5.97 Å². The summed E-state index contributed by atoms with van der Waals surface area (Å²) in [4.78, 5) is 24.2. The Hall–Kier alpha value is -1.49. The summed E-state index contributed by atoms with van der Waals surface area (Å²) in [5.41, 5.74) is 1.08. The molecular formula is C13H15NO3S. The number of rotatable bonds is 5. The van der Waals surface area contributed by atoms with Crippen molar-refractivity contribution in [2.24, 2.45) is 0 Å². The zero-order valence-corrected chi connectivity index (χ0v) is 10.7. The highest BCUT2D eigenvalue weighted by molar-refractivity contribution is 8.00. The average Bonchev–Trinajstić information content (AvgIpc) is 2.70. The van der Waals surface area contributed by atoms with Gasteiger partial charge in [-0.25, -0.2) is 0 Å². The summed E-state index contributed by atoms with van der Waals surface area (Å²) in [6.45, 7) is 0.566. The van der Waals surface area contributed by atoms with E-state index in [1.54, 1.807) is 4.90 Å². The lowest BCUT2D eigenvalue weighted by molar-refractivity contribution is -0.134. The van der Waals surface area contributed by atoms with Crippen molar-refractivity contribution >= 4 is 23.6 Å². The molecule has 0 radical (unpaired) electrons. The number of aliphatic carboxylic acids is 1. The van der Waals surface area contributed by atoms with Crippen molar-refractivity contribution in [3.8, 4) is 0 Å². The number of nitrogens with zero attached hydrogens (tertiary/aromatic N) is 1. The van der Waals surface area contributed by atoms with E-state index >= 15 is 0 Å². The molecule has 0 bridgehead atoms. The third-order valence-corrected chi connectivity index (χ3v) is 4.16. The number of likely N-dealkylation sites (tertiary alicyclic amines) is 1. The molecule has 1 aliphatic heterocycles. The largest absolute Gasteiger partial charge is 0.481 e. The average molecular weight is 265 g/mol. The Labute approximate surface area is 110 Å². The molecule has 4 nitrogen and oxygen atoms in total. The molecule has 1 aliphatic rings. The van der Waals surface area contributed by atoms with Crippen molar-refractivity contribution in [3.05, 3.63) is 35.9 Å². The number of benzene rings is 1. The van der Waals surface area contributed by atoms with E-state index in [0.29, 0.717) is 13.0 Å². The summed E-state index contributed by atoms with van der Waals surface area (Å²) in [6.07, 6.45) is 1.26. The van der Waals surface area contributed by atoms with Crippen LogP contribution in [0, 0.1) is 0 Å². The predicted molar refractivity (Wildman–Crippen MR) is 70.1 cm³/mol.